The lowest BCUT2D eigenvalue weighted by molar-refractivity contribution is -0.0857. The van der Waals surface area contributed by atoms with Crippen molar-refractivity contribution in [1.29, 1.82) is 0 Å². The summed E-state index contributed by atoms with van der Waals surface area (Å²) >= 11 is 0. The Balaban J connectivity index is 1.29. The molecule has 0 atom stereocenters. The van der Waals surface area contributed by atoms with Crippen molar-refractivity contribution in [2.75, 3.05) is 26.2 Å². The highest BCUT2D eigenvalue weighted by Gasteiger charge is 2.51. The lowest BCUT2D eigenvalue weighted by Gasteiger charge is -2.42. The molecule has 7 heteroatoms. The first-order valence-corrected chi connectivity index (χ1v) is 13.0. The molecule has 0 N–H and O–H groups in total. The fourth-order valence-corrected chi connectivity index (χ4v) is 6.57. The minimum Gasteiger partial charge on any atom is -0.358 e. The largest absolute Gasteiger partial charge is 0.358 e. The van der Waals surface area contributed by atoms with Crippen molar-refractivity contribution in [3.05, 3.63) is 90.0 Å². The van der Waals surface area contributed by atoms with Gasteiger partial charge in [-0.25, -0.2) is 8.42 Å². The zero-order valence-corrected chi connectivity index (χ0v) is 20.0. The standard InChI is InChI=1S/C27H28N2O4S/c1-21-7-13-25(14-8-21)34(31,32)29-19-20-33-27(29)15-17-28(18-16-27)26(30)24-11-9-23(10-12-24)22-5-3-2-4-6-22/h2-14H,15-20H2,1H3. The molecule has 6 nitrogen and oxygen atoms in total. The number of rotatable bonds is 4. The third-order valence-electron chi connectivity index (χ3n) is 6.80. The second kappa shape index (κ2) is 8.98. The van der Waals surface area contributed by atoms with Crippen molar-refractivity contribution in [3.63, 3.8) is 0 Å². The van der Waals surface area contributed by atoms with Gasteiger partial charge in [0, 0.05) is 38.0 Å². The summed E-state index contributed by atoms with van der Waals surface area (Å²) in [6.07, 6.45) is 0.901. The van der Waals surface area contributed by atoms with E-state index in [2.05, 4.69) is 0 Å². The Morgan fingerprint density at radius 1 is 0.824 bits per heavy atom. The first-order chi connectivity index (χ1) is 16.4. The number of amides is 1. The Labute approximate surface area is 200 Å². The zero-order valence-electron chi connectivity index (χ0n) is 19.2. The van der Waals surface area contributed by atoms with Crippen LogP contribution in [0.2, 0.25) is 0 Å². The molecule has 0 bridgehead atoms. The van der Waals surface area contributed by atoms with Crippen molar-refractivity contribution in [3.8, 4) is 11.1 Å². The molecule has 1 amide bonds. The maximum absolute atomic E-state index is 13.4. The van der Waals surface area contributed by atoms with Gasteiger partial charge in [-0.15, -0.1) is 0 Å². The minimum atomic E-state index is -3.68. The van der Waals surface area contributed by atoms with Crippen LogP contribution in [0.1, 0.15) is 28.8 Å². The molecular weight excluding hydrogens is 448 g/mol. The topological polar surface area (TPSA) is 66.9 Å². The molecule has 0 saturated carbocycles. The van der Waals surface area contributed by atoms with Crippen LogP contribution < -0.4 is 0 Å². The van der Waals surface area contributed by atoms with Crippen LogP contribution in [0.4, 0.5) is 0 Å². The summed E-state index contributed by atoms with van der Waals surface area (Å²) in [6.45, 7) is 3.50. The number of hydrogen-bond acceptors (Lipinski definition) is 4. The minimum absolute atomic E-state index is 0.0413. The summed E-state index contributed by atoms with van der Waals surface area (Å²) in [5.74, 6) is -0.0413. The summed E-state index contributed by atoms with van der Waals surface area (Å²) in [4.78, 5) is 15.2. The van der Waals surface area contributed by atoms with E-state index in [1.54, 1.807) is 29.2 Å². The van der Waals surface area contributed by atoms with Gasteiger partial charge in [-0.2, -0.15) is 4.31 Å². The predicted octanol–water partition coefficient (Wildman–Crippen LogP) is 4.32. The van der Waals surface area contributed by atoms with Gasteiger partial charge < -0.3 is 9.64 Å². The fraction of sp³-hybridized carbons (Fsp3) is 0.296. The second-order valence-corrected chi connectivity index (χ2v) is 10.8. The number of ether oxygens (including phenoxy) is 1. The quantitative estimate of drug-likeness (QED) is 0.563. The first kappa shape index (κ1) is 22.8. The van der Waals surface area contributed by atoms with E-state index in [0.717, 1.165) is 16.7 Å². The van der Waals surface area contributed by atoms with Gasteiger partial charge in [0.05, 0.1) is 11.5 Å². The molecule has 3 aromatic carbocycles. The van der Waals surface area contributed by atoms with Crippen LogP contribution in [0.25, 0.3) is 11.1 Å². The van der Waals surface area contributed by atoms with Crippen molar-refractivity contribution in [2.24, 2.45) is 0 Å². The number of piperidine rings is 1. The Morgan fingerprint density at radius 3 is 2.09 bits per heavy atom. The molecule has 0 unspecified atom stereocenters. The average Bonchev–Trinajstić information content (AvgIpc) is 3.29. The van der Waals surface area contributed by atoms with Crippen molar-refractivity contribution < 1.29 is 17.9 Å². The highest BCUT2D eigenvalue weighted by atomic mass is 32.2. The van der Waals surface area contributed by atoms with E-state index in [1.807, 2.05) is 61.5 Å². The number of carbonyl (C=O) groups excluding carboxylic acids is 1. The van der Waals surface area contributed by atoms with Gasteiger partial charge in [-0.3, -0.25) is 4.79 Å². The number of hydrogen-bond donors (Lipinski definition) is 0. The molecular formula is C27H28N2O4S. The summed E-state index contributed by atoms with van der Waals surface area (Å²) in [5.41, 5.74) is 2.92. The first-order valence-electron chi connectivity index (χ1n) is 11.6. The van der Waals surface area contributed by atoms with Crippen molar-refractivity contribution in [2.45, 2.75) is 30.4 Å². The molecule has 0 radical (unpaired) electrons. The normalized spacial score (nSPS) is 18.3. The number of benzene rings is 3. The summed E-state index contributed by atoms with van der Waals surface area (Å²) < 4.78 is 34.3. The van der Waals surface area contributed by atoms with Gasteiger partial charge in [0.15, 0.2) is 0 Å². The molecule has 2 saturated heterocycles. The lowest BCUT2D eigenvalue weighted by Crippen LogP contribution is -2.55. The molecule has 2 heterocycles. The van der Waals surface area contributed by atoms with Crippen LogP contribution in [0.5, 0.6) is 0 Å². The van der Waals surface area contributed by atoms with Gasteiger partial charge >= 0.3 is 0 Å². The molecule has 1 spiro atoms. The second-order valence-electron chi connectivity index (χ2n) is 8.92. The SMILES string of the molecule is Cc1ccc(S(=O)(=O)N2CCOC23CCN(C(=O)c2ccc(-c4ccccc4)cc2)CC3)cc1. The lowest BCUT2D eigenvalue weighted by atomic mass is 9.99. The van der Waals surface area contributed by atoms with Gasteiger partial charge in [0.25, 0.3) is 5.91 Å². The van der Waals surface area contributed by atoms with Gasteiger partial charge in [0.2, 0.25) is 10.0 Å². The van der Waals surface area contributed by atoms with E-state index in [-0.39, 0.29) is 10.8 Å². The highest BCUT2D eigenvalue weighted by molar-refractivity contribution is 7.89. The molecule has 0 aliphatic carbocycles. The van der Waals surface area contributed by atoms with E-state index in [9.17, 15) is 13.2 Å². The zero-order chi connectivity index (χ0) is 23.8. The Kier molecular flexibility index (Phi) is 6.02. The molecule has 2 fully saturated rings. The molecule has 3 aromatic rings. The molecule has 2 aliphatic rings. The van der Waals surface area contributed by atoms with Crippen LogP contribution in [0.3, 0.4) is 0 Å². The van der Waals surface area contributed by atoms with E-state index in [0.29, 0.717) is 44.6 Å². The third-order valence-corrected chi connectivity index (χ3v) is 8.76. The average molecular weight is 477 g/mol. The van der Waals surface area contributed by atoms with Crippen molar-refractivity contribution in [1.82, 2.24) is 9.21 Å². The molecule has 176 valence electrons. The Morgan fingerprint density at radius 2 is 1.44 bits per heavy atom. The summed E-state index contributed by atoms with van der Waals surface area (Å²) in [6, 6.07) is 24.6. The Hall–Kier alpha value is -3.00. The molecule has 34 heavy (non-hydrogen) atoms. The monoisotopic (exact) mass is 476 g/mol. The van der Waals surface area contributed by atoms with Gasteiger partial charge in [0.1, 0.15) is 5.72 Å². The highest BCUT2D eigenvalue weighted by Crippen LogP contribution is 2.38. The fourth-order valence-electron chi connectivity index (χ4n) is 4.84. The molecule has 5 rings (SSSR count). The predicted molar refractivity (Wildman–Crippen MR) is 131 cm³/mol. The number of nitrogens with zero attached hydrogens (tertiary/aromatic N) is 2. The van der Waals surface area contributed by atoms with Crippen molar-refractivity contribution >= 4 is 15.9 Å². The van der Waals surface area contributed by atoms with Gasteiger partial charge in [-0.1, -0.05) is 60.2 Å². The molecule has 2 aliphatic heterocycles. The van der Waals surface area contributed by atoms with E-state index in [4.69, 9.17) is 4.74 Å². The van der Waals surface area contributed by atoms with Crippen LogP contribution >= 0.6 is 0 Å². The van der Waals surface area contributed by atoms with Crippen LogP contribution in [0, 0.1) is 6.92 Å². The van der Waals surface area contributed by atoms with E-state index < -0.39 is 15.7 Å². The number of sulfonamides is 1. The van der Waals surface area contributed by atoms with Gasteiger partial charge in [-0.05, 0) is 42.3 Å². The van der Waals surface area contributed by atoms with E-state index >= 15 is 0 Å². The number of aryl methyl sites for hydroxylation is 1. The van der Waals surface area contributed by atoms with E-state index in [1.165, 1.54) is 4.31 Å². The molecule has 0 aromatic heterocycles. The van der Waals surface area contributed by atoms with Crippen LogP contribution in [0.15, 0.2) is 83.8 Å². The summed E-state index contributed by atoms with van der Waals surface area (Å²) in [5, 5.41) is 0. The number of carbonyl (C=O) groups is 1. The third kappa shape index (κ3) is 4.15. The Bertz CT molecular complexity index is 1260. The summed E-state index contributed by atoms with van der Waals surface area (Å²) in [7, 11) is -3.68. The smallest absolute Gasteiger partial charge is 0.253 e. The maximum Gasteiger partial charge on any atom is 0.253 e. The number of likely N-dealkylation sites (tertiary alicyclic amines) is 1. The van der Waals surface area contributed by atoms with Crippen LogP contribution in [-0.2, 0) is 14.8 Å². The van der Waals surface area contributed by atoms with Crippen LogP contribution in [-0.4, -0.2) is 55.5 Å². The maximum atomic E-state index is 13.4.